The van der Waals surface area contributed by atoms with Gasteiger partial charge >= 0.3 is 0 Å². The summed E-state index contributed by atoms with van der Waals surface area (Å²) in [5.74, 6) is 3.36. The van der Waals surface area contributed by atoms with Crippen molar-refractivity contribution in [3.8, 4) is 23.6 Å². The van der Waals surface area contributed by atoms with E-state index in [0.717, 1.165) is 5.56 Å². The molecule has 0 amide bonds. The fourth-order valence-electron chi connectivity index (χ4n) is 3.76. The second-order valence-corrected chi connectivity index (χ2v) is 10.6. The Bertz CT molecular complexity index is 1240. The first-order chi connectivity index (χ1) is 15.3. The molecular formula is C28H18N2Si. The minimum atomic E-state index is -2.67. The van der Waals surface area contributed by atoms with E-state index in [9.17, 15) is 10.5 Å². The van der Waals surface area contributed by atoms with Crippen molar-refractivity contribution in [2.45, 2.75) is 0 Å². The van der Waals surface area contributed by atoms with Gasteiger partial charge in [0, 0.05) is 5.56 Å². The quantitative estimate of drug-likeness (QED) is 0.295. The SMILES string of the molecule is N#Cc1ccc(C#C[Si](c2ccccc2)(c2ccccc2)c2ccccc2)cc1C#N. The number of benzene rings is 4. The molecule has 4 aromatic rings. The van der Waals surface area contributed by atoms with Crippen LogP contribution in [0, 0.1) is 34.1 Å². The third kappa shape index (κ3) is 3.90. The van der Waals surface area contributed by atoms with Crippen molar-refractivity contribution in [3.05, 3.63) is 126 Å². The molecule has 2 nitrogen and oxygen atoms in total. The second-order valence-electron chi connectivity index (χ2n) is 7.08. The van der Waals surface area contributed by atoms with Crippen LogP contribution in [0.3, 0.4) is 0 Å². The van der Waals surface area contributed by atoms with Gasteiger partial charge in [-0.25, -0.2) is 0 Å². The number of hydrogen-bond donors (Lipinski definition) is 0. The van der Waals surface area contributed by atoms with Gasteiger partial charge in [-0.3, -0.25) is 0 Å². The van der Waals surface area contributed by atoms with Crippen LogP contribution in [0.4, 0.5) is 0 Å². The first-order valence-electron chi connectivity index (χ1n) is 9.92. The normalized spacial score (nSPS) is 10.3. The van der Waals surface area contributed by atoms with E-state index < -0.39 is 8.07 Å². The van der Waals surface area contributed by atoms with Crippen LogP contribution >= 0.6 is 0 Å². The van der Waals surface area contributed by atoms with Gasteiger partial charge in [0.05, 0.1) is 11.1 Å². The standard InChI is InChI=1S/C28H18N2Si/c29-21-24-17-16-23(20-25(24)22-30)18-19-31(26-10-4-1-5-11-26,27-12-6-2-7-13-27)28-14-8-3-9-15-28/h1-17,20H. The second kappa shape index (κ2) is 8.98. The summed E-state index contributed by atoms with van der Waals surface area (Å²) in [6.45, 7) is 0. The van der Waals surface area contributed by atoms with E-state index in [1.54, 1.807) is 12.1 Å². The molecular weight excluding hydrogens is 392 g/mol. The minimum Gasteiger partial charge on any atom is -0.192 e. The third-order valence-corrected chi connectivity index (χ3v) is 9.37. The van der Waals surface area contributed by atoms with Crippen molar-refractivity contribution in [2.24, 2.45) is 0 Å². The largest absolute Gasteiger partial charge is 0.230 e. The number of hydrogen-bond acceptors (Lipinski definition) is 2. The molecule has 0 aliphatic rings. The summed E-state index contributed by atoms with van der Waals surface area (Å²) >= 11 is 0. The van der Waals surface area contributed by atoms with Crippen molar-refractivity contribution in [2.75, 3.05) is 0 Å². The first-order valence-corrected chi connectivity index (χ1v) is 11.9. The van der Waals surface area contributed by atoms with Crippen molar-refractivity contribution in [1.29, 1.82) is 10.5 Å². The maximum Gasteiger partial charge on any atom is 0.230 e. The summed E-state index contributed by atoms with van der Waals surface area (Å²) < 4.78 is 0. The van der Waals surface area contributed by atoms with Crippen LogP contribution in [0.5, 0.6) is 0 Å². The topological polar surface area (TPSA) is 47.6 Å². The fourth-order valence-corrected chi connectivity index (χ4v) is 7.60. The van der Waals surface area contributed by atoms with Crippen molar-refractivity contribution in [1.82, 2.24) is 0 Å². The van der Waals surface area contributed by atoms with Gasteiger partial charge in [0.1, 0.15) is 12.1 Å². The molecule has 0 saturated heterocycles. The Morgan fingerprint density at radius 2 is 0.968 bits per heavy atom. The summed E-state index contributed by atoms with van der Waals surface area (Å²) in [7, 11) is -2.67. The molecule has 0 spiro atoms. The van der Waals surface area contributed by atoms with Gasteiger partial charge in [-0.05, 0) is 33.8 Å². The van der Waals surface area contributed by atoms with Crippen LogP contribution in [0.25, 0.3) is 0 Å². The molecule has 4 rings (SSSR count). The molecule has 0 aliphatic carbocycles. The number of rotatable bonds is 3. The van der Waals surface area contributed by atoms with Crippen LogP contribution in [-0.4, -0.2) is 8.07 Å². The van der Waals surface area contributed by atoms with E-state index in [1.165, 1.54) is 15.6 Å². The molecule has 3 heteroatoms. The monoisotopic (exact) mass is 410 g/mol. The first kappa shape index (κ1) is 19.9. The van der Waals surface area contributed by atoms with Crippen molar-refractivity contribution < 1.29 is 0 Å². The van der Waals surface area contributed by atoms with Gasteiger partial charge in [0.2, 0.25) is 8.07 Å². The zero-order valence-corrected chi connectivity index (χ0v) is 17.8. The lowest BCUT2D eigenvalue weighted by Crippen LogP contribution is -2.66. The highest BCUT2D eigenvalue weighted by atomic mass is 28.3. The molecule has 0 saturated carbocycles. The minimum absolute atomic E-state index is 0.348. The molecule has 0 atom stereocenters. The molecule has 0 radical (unpaired) electrons. The maximum atomic E-state index is 9.40. The molecule has 0 aliphatic heterocycles. The van der Waals surface area contributed by atoms with E-state index in [-0.39, 0.29) is 0 Å². The average Bonchev–Trinajstić information content (AvgIpc) is 2.86. The van der Waals surface area contributed by atoms with Crippen LogP contribution in [-0.2, 0) is 0 Å². The van der Waals surface area contributed by atoms with E-state index >= 15 is 0 Å². The Morgan fingerprint density at radius 3 is 1.39 bits per heavy atom. The summed E-state index contributed by atoms with van der Waals surface area (Å²) in [6.07, 6.45) is 0. The molecule has 0 N–H and O–H groups in total. The van der Waals surface area contributed by atoms with E-state index in [0.29, 0.717) is 11.1 Å². The smallest absolute Gasteiger partial charge is 0.192 e. The highest BCUT2D eigenvalue weighted by Gasteiger charge is 2.38. The summed E-state index contributed by atoms with van der Waals surface area (Å²) in [4.78, 5) is 0. The third-order valence-electron chi connectivity index (χ3n) is 5.28. The van der Waals surface area contributed by atoms with Crippen LogP contribution in [0.2, 0.25) is 0 Å². The van der Waals surface area contributed by atoms with Gasteiger partial charge in [-0.1, -0.05) is 96.9 Å². The predicted octanol–water partition coefficient (Wildman–Crippen LogP) is 3.49. The van der Waals surface area contributed by atoms with E-state index in [4.69, 9.17) is 0 Å². The summed E-state index contributed by atoms with van der Waals surface area (Å²) in [6, 6.07) is 40.7. The Morgan fingerprint density at radius 1 is 0.516 bits per heavy atom. The van der Waals surface area contributed by atoms with Gasteiger partial charge in [-0.2, -0.15) is 10.5 Å². The van der Waals surface area contributed by atoms with Crippen molar-refractivity contribution >= 4 is 23.6 Å². The molecule has 0 aromatic heterocycles. The Labute approximate surface area is 183 Å². The van der Waals surface area contributed by atoms with Gasteiger partial charge < -0.3 is 0 Å². The van der Waals surface area contributed by atoms with E-state index in [1.807, 2.05) is 24.3 Å². The Balaban J connectivity index is 2.00. The lowest BCUT2D eigenvalue weighted by atomic mass is 10.1. The predicted molar refractivity (Wildman–Crippen MR) is 127 cm³/mol. The Hall–Kier alpha value is -4.36. The van der Waals surface area contributed by atoms with Crippen LogP contribution in [0.15, 0.2) is 109 Å². The summed E-state index contributed by atoms with van der Waals surface area (Å²) in [5, 5.41) is 22.2. The molecule has 0 unspecified atom stereocenters. The lowest BCUT2D eigenvalue weighted by Gasteiger charge is -2.28. The van der Waals surface area contributed by atoms with Gasteiger partial charge in [-0.15, -0.1) is 5.54 Å². The number of nitrogens with zero attached hydrogens (tertiary/aromatic N) is 2. The summed E-state index contributed by atoms with van der Waals surface area (Å²) in [5.41, 5.74) is 5.13. The van der Waals surface area contributed by atoms with Gasteiger partial charge in [0.15, 0.2) is 0 Å². The highest BCUT2D eigenvalue weighted by Crippen LogP contribution is 2.11. The van der Waals surface area contributed by atoms with Gasteiger partial charge in [0.25, 0.3) is 0 Å². The molecule has 0 bridgehead atoms. The Kier molecular flexibility index (Phi) is 5.77. The highest BCUT2D eigenvalue weighted by molar-refractivity contribution is 7.16. The van der Waals surface area contributed by atoms with E-state index in [2.05, 4.69) is 96.4 Å². The molecule has 31 heavy (non-hydrogen) atoms. The molecule has 144 valence electrons. The number of nitriles is 2. The molecule has 0 fully saturated rings. The van der Waals surface area contributed by atoms with Crippen LogP contribution < -0.4 is 15.6 Å². The van der Waals surface area contributed by atoms with Crippen molar-refractivity contribution in [3.63, 3.8) is 0 Å². The molecule has 4 aromatic carbocycles. The average molecular weight is 411 g/mol. The lowest BCUT2D eigenvalue weighted by molar-refractivity contribution is 1.42. The zero-order chi connectivity index (χ0) is 21.5. The molecule has 0 heterocycles. The fraction of sp³-hybridized carbons (Fsp3) is 0. The zero-order valence-electron chi connectivity index (χ0n) is 16.8. The van der Waals surface area contributed by atoms with Crippen LogP contribution in [0.1, 0.15) is 16.7 Å². The maximum absolute atomic E-state index is 9.40.